The van der Waals surface area contributed by atoms with Crippen LogP contribution in [0.4, 0.5) is 0 Å². The standard InChI is InChI=1S/C15H18O2/c1-9-6-13(17)11(7-12(9)16)14(2)5-4-10-8-15(10,14)3/h6-7,10H,4-5,8H2,1-3H3. The molecule has 3 aliphatic carbocycles. The average molecular weight is 230 g/mol. The molecule has 3 unspecified atom stereocenters. The van der Waals surface area contributed by atoms with Gasteiger partial charge >= 0.3 is 0 Å². The molecule has 0 bridgehead atoms. The minimum absolute atomic E-state index is 0.00789. The van der Waals surface area contributed by atoms with Gasteiger partial charge in [-0.25, -0.2) is 0 Å². The number of allylic oxidation sites excluding steroid dienone is 4. The third-order valence-electron chi connectivity index (χ3n) is 5.54. The van der Waals surface area contributed by atoms with Crippen LogP contribution in [0.1, 0.15) is 40.0 Å². The molecule has 2 saturated carbocycles. The van der Waals surface area contributed by atoms with Crippen molar-refractivity contribution < 1.29 is 9.59 Å². The number of rotatable bonds is 1. The Kier molecular flexibility index (Phi) is 1.92. The Morgan fingerprint density at radius 3 is 2.41 bits per heavy atom. The zero-order valence-corrected chi connectivity index (χ0v) is 10.7. The molecule has 0 aliphatic heterocycles. The van der Waals surface area contributed by atoms with Gasteiger partial charge < -0.3 is 0 Å². The topological polar surface area (TPSA) is 34.1 Å². The summed E-state index contributed by atoms with van der Waals surface area (Å²) in [7, 11) is 0. The molecule has 3 aliphatic rings. The minimum atomic E-state index is -0.0817. The first-order valence-electron chi connectivity index (χ1n) is 6.38. The molecule has 0 aromatic heterocycles. The number of carbonyl (C=O) groups is 2. The van der Waals surface area contributed by atoms with Crippen LogP contribution in [0, 0.1) is 16.7 Å². The normalized spacial score (nSPS) is 44.3. The minimum Gasteiger partial charge on any atom is -0.290 e. The Morgan fingerprint density at radius 2 is 1.88 bits per heavy atom. The second-order valence-corrected chi connectivity index (χ2v) is 6.30. The molecule has 3 rings (SSSR count). The molecule has 90 valence electrons. The van der Waals surface area contributed by atoms with E-state index >= 15 is 0 Å². The molecule has 2 heteroatoms. The molecule has 0 amide bonds. The third-order valence-corrected chi connectivity index (χ3v) is 5.54. The van der Waals surface area contributed by atoms with Gasteiger partial charge in [-0.05, 0) is 49.7 Å². The van der Waals surface area contributed by atoms with Gasteiger partial charge in [0.05, 0.1) is 0 Å². The van der Waals surface area contributed by atoms with Crippen molar-refractivity contribution in [2.75, 3.05) is 0 Å². The Bertz CT molecular complexity index is 495. The lowest BCUT2D eigenvalue weighted by Crippen LogP contribution is -2.32. The summed E-state index contributed by atoms with van der Waals surface area (Å²) in [5.41, 5.74) is 1.50. The predicted molar refractivity (Wildman–Crippen MR) is 65.4 cm³/mol. The zero-order valence-electron chi connectivity index (χ0n) is 10.7. The van der Waals surface area contributed by atoms with Crippen LogP contribution in [-0.2, 0) is 9.59 Å². The highest BCUT2D eigenvalue weighted by Crippen LogP contribution is 2.74. The van der Waals surface area contributed by atoms with Gasteiger partial charge in [-0.2, -0.15) is 0 Å². The van der Waals surface area contributed by atoms with E-state index in [1.165, 1.54) is 18.9 Å². The van der Waals surface area contributed by atoms with E-state index < -0.39 is 0 Å². The monoisotopic (exact) mass is 230 g/mol. The van der Waals surface area contributed by atoms with E-state index in [9.17, 15) is 9.59 Å². The van der Waals surface area contributed by atoms with E-state index in [-0.39, 0.29) is 22.4 Å². The molecule has 3 atom stereocenters. The summed E-state index contributed by atoms with van der Waals surface area (Å²) in [6.07, 6.45) is 6.58. The molecule has 0 radical (unpaired) electrons. The Balaban J connectivity index is 2.03. The lowest BCUT2D eigenvalue weighted by Gasteiger charge is -2.35. The lowest BCUT2D eigenvalue weighted by atomic mass is 9.67. The molecule has 0 aromatic rings. The summed E-state index contributed by atoms with van der Waals surface area (Å²) in [5.74, 6) is 0.829. The van der Waals surface area contributed by atoms with Crippen LogP contribution in [-0.4, -0.2) is 11.6 Å². The molecule has 0 N–H and O–H groups in total. The summed E-state index contributed by atoms with van der Waals surface area (Å²) >= 11 is 0. The summed E-state index contributed by atoms with van der Waals surface area (Å²) < 4.78 is 0. The maximum Gasteiger partial charge on any atom is 0.182 e. The van der Waals surface area contributed by atoms with Crippen molar-refractivity contribution in [1.29, 1.82) is 0 Å². The highest BCUT2D eigenvalue weighted by Gasteiger charge is 2.67. The van der Waals surface area contributed by atoms with E-state index in [0.29, 0.717) is 5.57 Å². The van der Waals surface area contributed by atoms with Crippen molar-refractivity contribution in [3.63, 3.8) is 0 Å². The van der Waals surface area contributed by atoms with Crippen molar-refractivity contribution in [2.45, 2.75) is 40.0 Å². The van der Waals surface area contributed by atoms with Gasteiger partial charge in [0.2, 0.25) is 0 Å². The molecule has 0 aromatic carbocycles. The summed E-state index contributed by atoms with van der Waals surface area (Å²) in [6.45, 7) is 6.16. The van der Waals surface area contributed by atoms with E-state index in [2.05, 4.69) is 13.8 Å². The second-order valence-electron chi connectivity index (χ2n) is 6.30. The number of hydrogen-bond donors (Lipinski definition) is 0. The fourth-order valence-corrected chi connectivity index (χ4v) is 3.83. The maximum absolute atomic E-state index is 12.2. The Morgan fingerprint density at radius 1 is 1.18 bits per heavy atom. The average Bonchev–Trinajstić information content (AvgIpc) is 2.87. The van der Waals surface area contributed by atoms with Gasteiger partial charge in [0.25, 0.3) is 0 Å². The first kappa shape index (κ1) is 10.9. The molecular weight excluding hydrogens is 212 g/mol. The number of ketones is 2. The van der Waals surface area contributed by atoms with Gasteiger partial charge in [0.15, 0.2) is 11.6 Å². The largest absolute Gasteiger partial charge is 0.290 e. The van der Waals surface area contributed by atoms with E-state index in [0.717, 1.165) is 17.9 Å². The highest BCUT2D eigenvalue weighted by atomic mass is 16.1. The van der Waals surface area contributed by atoms with Gasteiger partial charge in [0.1, 0.15) is 0 Å². The Hall–Kier alpha value is -1.18. The fourth-order valence-electron chi connectivity index (χ4n) is 3.83. The van der Waals surface area contributed by atoms with Gasteiger partial charge in [-0.1, -0.05) is 13.8 Å². The summed E-state index contributed by atoms with van der Waals surface area (Å²) in [4.78, 5) is 23.9. The molecule has 17 heavy (non-hydrogen) atoms. The van der Waals surface area contributed by atoms with Crippen LogP contribution < -0.4 is 0 Å². The first-order chi connectivity index (χ1) is 7.88. The van der Waals surface area contributed by atoms with Crippen molar-refractivity contribution in [2.24, 2.45) is 16.7 Å². The summed E-state index contributed by atoms with van der Waals surface area (Å²) in [6, 6.07) is 0. The number of hydrogen-bond acceptors (Lipinski definition) is 2. The van der Waals surface area contributed by atoms with Gasteiger partial charge in [-0.15, -0.1) is 0 Å². The molecule has 0 spiro atoms. The predicted octanol–water partition coefficient (Wildman–Crippen LogP) is 2.84. The third kappa shape index (κ3) is 1.21. The number of carbonyl (C=O) groups excluding carboxylic acids is 2. The zero-order chi connectivity index (χ0) is 12.4. The van der Waals surface area contributed by atoms with Crippen LogP contribution in [0.25, 0.3) is 0 Å². The van der Waals surface area contributed by atoms with E-state index in [4.69, 9.17) is 0 Å². The smallest absolute Gasteiger partial charge is 0.182 e. The quantitative estimate of drug-likeness (QED) is 0.649. The van der Waals surface area contributed by atoms with Crippen molar-refractivity contribution >= 4 is 11.6 Å². The van der Waals surface area contributed by atoms with Gasteiger partial charge in [-0.3, -0.25) is 9.59 Å². The fraction of sp³-hybridized carbons (Fsp3) is 0.600. The molecule has 2 fully saturated rings. The maximum atomic E-state index is 12.2. The highest BCUT2D eigenvalue weighted by molar-refractivity contribution is 6.20. The number of fused-ring (bicyclic) bond motifs is 1. The second kappa shape index (κ2) is 2.98. The van der Waals surface area contributed by atoms with Crippen LogP contribution in [0.2, 0.25) is 0 Å². The van der Waals surface area contributed by atoms with Crippen LogP contribution >= 0.6 is 0 Å². The molecule has 0 saturated heterocycles. The molecule has 2 nitrogen and oxygen atoms in total. The van der Waals surface area contributed by atoms with Crippen LogP contribution in [0.3, 0.4) is 0 Å². The molecular formula is C15H18O2. The lowest BCUT2D eigenvalue weighted by molar-refractivity contribution is -0.116. The van der Waals surface area contributed by atoms with Crippen molar-refractivity contribution in [3.8, 4) is 0 Å². The summed E-state index contributed by atoms with van der Waals surface area (Å²) in [5, 5.41) is 0. The first-order valence-corrected chi connectivity index (χ1v) is 6.38. The SMILES string of the molecule is CC1=CC(=O)C(C2(C)CCC3CC32C)=CC1=O. The molecule has 0 heterocycles. The van der Waals surface area contributed by atoms with Crippen LogP contribution in [0.15, 0.2) is 23.3 Å². The Labute approximate surface area is 102 Å². The van der Waals surface area contributed by atoms with Gasteiger partial charge in [0, 0.05) is 16.6 Å². The van der Waals surface area contributed by atoms with Crippen molar-refractivity contribution in [3.05, 3.63) is 23.3 Å². The van der Waals surface area contributed by atoms with Crippen LogP contribution in [0.5, 0.6) is 0 Å². The van der Waals surface area contributed by atoms with Crippen molar-refractivity contribution in [1.82, 2.24) is 0 Å². The van der Waals surface area contributed by atoms with E-state index in [1.54, 1.807) is 13.0 Å². The van der Waals surface area contributed by atoms with E-state index in [1.807, 2.05) is 0 Å².